The number of nitrogens with one attached hydrogen (secondary N) is 3. The van der Waals surface area contributed by atoms with Crippen LogP contribution in [-0.2, 0) is 19.1 Å². The van der Waals surface area contributed by atoms with Gasteiger partial charge in [0.25, 0.3) is 11.8 Å². The molecule has 1 aromatic rings. The lowest BCUT2D eigenvalue weighted by atomic mass is 10.1. The minimum Gasteiger partial charge on any atom is -0.378 e. The summed E-state index contributed by atoms with van der Waals surface area (Å²) >= 11 is 0. The van der Waals surface area contributed by atoms with Crippen molar-refractivity contribution in [3.05, 3.63) is 24.3 Å². The average Bonchev–Trinajstić information content (AvgIpc) is 2.88. The lowest BCUT2D eigenvalue weighted by Gasteiger charge is -2.30. The molecular formula is C15H18N4O4. The van der Waals surface area contributed by atoms with Gasteiger partial charge < -0.3 is 15.0 Å². The molecule has 0 aliphatic carbocycles. The summed E-state index contributed by atoms with van der Waals surface area (Å²) in [5.74, 6) is -2.31. The van der Waals surface area contributed by atoms with E-state index in [-0.39, 0.29) is 12.3 Å². The Balaban J connectivity index is 1.68. The summed E-state index contributed by atoms with van der Waals surface area (Å²) in [6.07, 6.45) is -0.185. The largest absolute Gasteiger partial charge is 0.378 e. The number of anilines is 2. The van der Waals surface area contributed by atoms with Gasteiger partial charge in [0.2, 0.25) is 5.91 Å². The van der Waals surface area contributed by atoms with Gasteiger partial charge in [-0.15, -0.1) is 0 Å². The number of hydrogen-bond donors (Lipinski definition) is 3. The number of ether oxygens (including phenoxy) is 1. The van der Waals surface area contributed by atoms with Crippen LogP contribution in [-0.4, -0.2) is 44.0 Å². The molecule has 3 N–H and O–H groups in total. The van der Waals surface area contributed by atoms with Crippen molar-refractivity contribution in [3.8, 4) is 0 Å². The predicted molar refractivity (Wildman–Crippen MR) is 82.5 cm³/mol. The lowest BCUT2D eigenvalue weighted by Crippen LogP contribution is -2.36. The van der Waals surface area contributed by atoms with Gasteiger partial charge in [0, 0.05) is 19.5 Å². The van der Waals surface area contributed by atoms with Crippen molar-refractivity contribution in [1.82, 2.24) is 10.9 Å². The molecule has 0 unspecified atom stereocenters. The molecule has 1 aromatic carbocycles. The Morgan fingerprint density at radius 2 is 1.83 bits per heavy atom. The molecule has 0 spiro atoms. The zero-order chi connectivity index (χ0) is 16.2. The van der Waals surface area contributed by atoms with Crippen LogP contribution < -0.4 is 21.1 Å². The molecule has 3 rings (SSSR count). The third kappa shape index (κ3) is 3.42. The Morgan fingerprint density at radius 1 is 1.17 bits per heavy atom. The van der Waals surface area contributed by atoms with Gasteiger partial charge in [0.05, 0.1) is 24.6 Å². The summed E-state index contributed by atoms with van der Waals surface area (Å²) < 4.78 is 5.34. The highest BCUT2D eigenvalue weighted by Gasteiger charge is 2.34. The number of carbonyl (C=O) groups is 3. The monoisotopic (exact) mass is 318 g/mol. The molecule has 0 radical (unpaired) electrons. The molecule has 23 heavy (non-hydrogen) atoms. The maximum atomic E-state index is 12.2. The molecule has 8 heteroatoms. The van der Waals surface area contributed by atoms with Crippen LogP contribution in [0.3, 0.4) is 0 Å². The third-order valence-corrected chi connectivity index (χ3v) is 3.86. The molecule has 2 heterocycles. The summed E-state index contributed by atoms with van der Waals surface area (Å²) in [7, 11) is 0. The minimum absolute atomic E-state index is 0.185. The van der Waals surface area contributed by atoms with E-state index < -0.39 is 17.7 Å². The van der Waals surface area contributed by atoms with E-state index in [9.17, 15) is 14.4 Å². The van der Waals surface area contributed by atoms with E-state index in [4.69, 9.17) is 4.74 Å². The van der Waals surface area contributed by atoms with Crippen LogP contribution in [0.5, 0.6) is 0 Å². The molecule has 0 bridgehead atoms. The number of amides is 3. The van der Waals surface area contributed by atoms with Gasteiger partial charge in [0.15, 0.2) is 0 Å². The number of para-hydroxylation sites is 2. The van der Waals surface area contributed by atoms with Gasteiger partial charge in [-0.2, -0.15) is 0 Å². The van der Waals surface area contributed by atoms with Crippen LogP contribution in [0.15, 0.2) is 24.3 Å². The summed E-state index contributed by atoms with van der Waals surface area (Å²) in [6, 6.07) is 7.46. The molecule has 0 atom stereocenters. The molecule has 3 amide bonds. The number of morpholine rings is 1. The second-order valence-electron chi connectivity index (χ2n) is 5.40. The molecule has 2 aliphatic rings. The van der Waals surface area contributed by atoms with Gasteiger partial charge in [-0.1, -0.05) is 12.1 Å². The smallest absolute Gasteiger partial charge is 0.251 e. The SMILES string of the molecule is O=C(CC1C(=O)NNC1=O)Nc1ccccc1N1CCOCC1. The average molecular weight is 318 g/mol. The number of rotatable bonds is 4. The number of carbonyl (C=O) groups excluding carboxylic acids is 3. The highest BCUT2D eigenvalue weighted by molar-refractivity contribution is 6.09. The first kappa shape index (κ1) is 15.3. The van der Waals surface area contributed by atoms with Crippen LogP contribution in [0.1, 0.15) is 6.42 Å². The van der Waals surface area contributed by atoms with Crippen molar-refractivity contribution in [2.24, 2.45) is 5.92 Å². The van der Waals surface area contributed by atoms with Crippen molar-refractivity contribution >= 4 is 29.1 Å². The second kappa shape index (κ2) is 6.66. The second-order valence-corrected chi connectivity index (χ2v) is 5.40. The maximum Gasteiger partial charge on any atom is 0.251 e. The van der Waals surface area contributed by atoms with Gasteiger partial charge >= 0.3 is 0 Å². The van der Waals surface area contributed by atoms with E-state index >= 15 is 0 Å². The van der Waals surface area contributed by atoms with E-state index in [1.807, 2.05) is 18.2 Å². The standard InChI is InChI=1S/C15H18N4O4/c20-13(9-10-14(21)17-18-15(10)22)16-11-3-1-2-4-12(11)19-5-7-23-8-6-19/h1-4,10H,5-9H2,(H,16,20)(H,17,21)(H,18,22). The zero-order valence-corrected chi connectivity index (χ0v) is 12.5. The Bertz CT molecular complexity index is 612. The molecule has 2 aliphatic heterocycles. The van der Waals surface area contributed by atoms with Crippen molar-refractivity contribution in [3.63, 3.8) is 0 Å². The summed E-state index contributed by atoms with van der Waals surface area (Å²) in [4.78, 5) is 37.3. The normalized spacial score (nSPS) is 18.5. The topological polar surface area (TPSA) is 99.8 Å². The fraction of sp³-hybridized carbons (Fsp3) is 0.400. The van der Waals surface area contributed by atoms with Crippen LogP contribution in [0.2, 0.25) is 0 Å². The third-order valence-electron chi connectivity index (χ3n) is 3.86. The Morgan fingerprint density at radius 3 is 2.52 bits per heavy atom. The van der Waals surface area contributed by atoms with Crippen molar-refractivity contribution in [1.29, 1.82) is 0 Å². The van der Waals surface area contributed by atoms with E-state index in [2.05, 4.69) is 21.1 Å². The van der Waals surface area contributed by atoms with Crippen molar-refractivity contribution in [2.75, 3.05) is 36.5 Å². The number of hydrogen-bond acceptors (Lipinski definition) is 5. The number of nitrogens with zero attached hydrogens (tertiary/aromatic N) is 1. The van der Waals surface area contributed by atoms with E-state index in [1.165, 1.54) is 0 Å². The molecule has 0 saturated carbocycles. The van der Waals surface area contributed by atoms with Gasteiger partial charge in [0.1, 0.15) is 5.92 Å². The quantitative estimate of drug-likeness (QED) is 0.658. The van der Waals surface area contributed by atoms with Crippen molar-refractivity contribution < 1.29 is 19.1 Å². The van der Waals surface area contributed by atoms with Crippen LogP contribution in [0.25, 0.3) is 0 Å². The van der Waals surface area contributed by atoms with Gasteiger partial charge in [-0.3, -0.25) is 25.2 Å². The molecule has 8 nitrogen and oxygen atoms in total. The lowest BCUT2D eigenvalue weighted by molar-refractivity contribution is -0.131. The fourth-order valence-electron chi connectivity index (χ4n) is 2.65. The molecule has 122 valence electrons. The predicted octanol–water partition coefficient (Wildman–Crippen LogP) is -0.371. The van der Waals surface area contributed by atoms with E-state index in [0.717, 1.165) is 18.8 Å². The summed E-state index contributed by atoms with van der Waals surface area (Å²) in [6.45, 7) is 2.79. The van der Waals surface area contributed by atoms with Crippen LogP contribution in [0, 0.1) is 5.92 Å². The highest BCUT2D eigenvalue weighted by atomic mass is 16.5. The minimum atomic E-state index is -0.981. The Labute approximate surface area is 133 Å². The summed E-state index contributed by atoms with van der Waals surface area (Å²) in [5, 5.41) is 2.79. The molecule has 0 aromatic heterocycles. The summed E-state index contributed by atoms with van der Waals surface area (Å²) in [5.41, 5.74) is 5.99. The van der Waals surface area contributed by atoms with Crippen molar-refractivity contribution in [2.45, 2.75) is 6.42 Å². The Kier molecular flexibility index (Phi) is 4.42. The zero-order valence-electron chi connectivity index (χ0n) is 12.5. The first-order chi connectivity index (χ1) is 11.1. The first-order valence-corrected chi connectivity index (χ1v) is 7.46. The first-order valence-electron chi connectivity index (χ1n) is 7.46. The number of hydrazine groups is 1. The fourth-order valence-corrected chi connectivity index (χ4v) is 2.65. The molecular weight excluding hydrogens is 300 g/mol. The highest BCUT2D eigenvalue weighted by Crippen LogP contribution is 2.26. The number of benzene rings is 1. The van der Waals surface area contributed by atoms with E-state index in [1.54, 1.807) is 6.07 Å². The molecule has 2 fully saturated rings. The van der Waals surface area contributed by atoms with E-state index in [0.29, 0.717) is 18.9 Å². The van der Waals surface area contributed by atoms with Gasteiger partial charge in [-0.25, -0.2) is 0 Å². The maximum absolute atomic E-state index is 12.2. The van der Waals surface area contributed by atoms with Crippen LogP contribution in [0.4, 0.5) is 11.4 Å². The Hall–Kier alpha value is -2.61. The van der Waals surface area contributed by atoms with Crippen LogP contribution >= 0.6 is 0 Å². The van der Waals surface area contributed by atoms with Gasteiger partial charge in [-0.05, 0) is 12.1 Å². The molecule has 2 saturated heterocycles.